The van der Waals surface area contributed by atoms with Crippen LogP contribution in [0.3, 0.4) is 0 Å². The van der Waals surface area contributed by atoms with Crippen molar-refractivity contribution >= 4 is 29.9 Å². The van der Waals surface area contributed by atoms with E-state index in [9.17, 15) is 4.39 Å². The van der Waals surface area contributed by atoms with Crippen LogP contribution in [0, 0.1) is 11.7 Å². The molecule has 1 aromatic rings. The highest BCUT2D eigenvalue weighted by Crippen LogP contribution is 2.20. The first-order valence-electron chi connectivity index (χ1n) is 9.20. The van der Waals surface area contributed by atoms with Crippen molar-refractivity contribution in [3.05, 3.63) is 35.6 Å². The van der Waals surface area contributed by atoms with Crippen molar-refractivity contribution < 1.29 is 4.39 Å². The number of nitrogens with one attached hydrogen (secondary N) is 2. The van der Waals surface area contributed by atoms with Crippen LogP contribution in [0.5, 0.6) is 0 Å². The molecule has 1 heterocycles. The lowest BCUT2D eigenvalue weighted by Gasteiger charge is -2.31. The van der Waals surface area contributed by atoms with Gasteiger partial charge in [0, 0.05) is 31.7 Å². The number of piperidine rings is 1. The Labute approximate surface area is 168 Å². The van der Waals surface area contributed by atoms with Gasteiger partial charge in [-0.15, -0.1) is 24.0 Å². The SMILES string of the molecule is CCCNC(=NCC1CCN(Cc2ccccc2F)CC1)NCC.I. The van der Waals surface area contributed by atoms with Crippen LogP contribution in [-0.2, 0) is 6.54 Å². The fourth-order valence-corrected chi connectivity index (χ4v) is 3.00. The first kappa shape index (κ1) is 22.2. The van der Waals surface area contributed by atoms with E-state index in [2.05, 4.69) is 29.4 Å². The number of guanidine groups is 1. The lowest BCUT2D eigenvalue weighted by atomic mass is 9.96. The fraction of sp³-hybridized carbons (Fsp3) is 0.632. The number of likely N-dealkylation sites (tertiary alicyclic amines) is 1. The summed E-state index contributed by atoms with van der Waals surface area (Å²) in [7, 11) is 0. The van der Waals surface area contributed by atoms with E-state index in [0.29, 0.717) is 12.5 Å². The molecule has 25 heavy (non-hydrogen) atoms. The Morgan fingerprint density at radius 2 is 1.92 bits per heavy atom. The highest BCUT2D eigenvalue weighted by atomic mass is 127. The van der Waals surface area contributed by atoms with Gasteiger partial charge in [0.05, 0.1) is 0 Å². The van der Waals surface area contributed by atoms with E-state index < -0.39 is 0 Å². The van der Waals surface area contributed by atoms with E-state index in [0.717, 1.165) is 63.5 Å². The smallest absolute Gasteiger partial charge is 0.191 e. The lowest BCUT2D eigenvalue weighted by molar-refractivity contribution is 0.179. The van der Waals surface area contributed by atoms with Crippen LogP contribution in [-0.4, -0.2) is 43.6 Å². The maximum atomic E-state index is 13.7. The Hall–Kier alpha value is -0.890. The van der Waals surface area contributed by atoms with Crippen LogP contribution in [0.2, 0.25) is 0 Å². The summed E-state index contributed by atoms with van der Waals surface area (Å²) in [5, 5.41) is 6.64. The molecule has 0 radical (unpaired) electrons. The molecule has 1 fully saturated rings. The molecule has 0 unspecified atom stereocenters. The monoisotopic (exact) mass is 462 g/mol. The molecule has 4 nitrogen and oxygen atoms in total. The molecule has 0 amide bonds. The van der Waals surface area contributed by atoms with Crippen molar-refractivity contribution in [2.45, 2.75) is 39.7 Å². The maximum Gasteiger partial charge on any atom is 0.191 e. The Morgan fingerprint density at radius 3 is 2.56 bits per heavy atom. The maximum absolute atomic E-state index is 13.7. The second kappa shape index (κ2) is 12.5. The van der Waals surface area contributed by atoms with Gasteiger partial charge in [-0.25, -0.2) is 4.39 Å². The van der Waals surface area contributed by atoms with Gasteiger partial charge in [-0.1, -0.05) is 25.1 Å². The minimum Gasteiger partial charge on any atom is -0.357 e. The van der Waals surface area contributed by atoms with Crippen molar-refractivity contribution in [3.8, 4) is 0 Å². The van der Waals surface area contributed by atoms with E-state index in [1.165, 1.54) is 0 Å². The summed E-state index contributed by atoms with van der Waals surface area (Å²) < 4.78 is 13.7. The van der Waals surface area contributed by atoms with E-state index in [4.69, 9.17) is 4.99 Å². The molecule has 0 aliphatic carbocycles. The summed E-state index contributed by atoms with van der Waals surface area (Å²) in [5.41, 5.74) is 0.798. The molecule has 0 atom stereocenters. The van der Waals surface area contributed by atoms with Gasteiger partial charge < -0.3 is 10.6 Å². The third-order valence-electron chi connectivity index (χ3n) is 4.45. The molecule has 1 aliphatic rings. The summed E-state index contributed by atoms with van der Waals surface area (Å²) in [5.74, 6) is 1.45. The van der Waals surface area contributed by atoms with E-state index in [-0.39, 0.29) is 29.8 Å². The summed E-state index contributed by atoms with van der Waals surface area (Å²) in [4.78, 5) is 7.06. The molecule has 2 rings (SSSR count). The van der Waals surface area contributed by atoms with Gasteiger partial charge in [-0.05, 0) is 51.3 Å². The van der Waals surface area contributed by atoms with Crippen LogP contribution in [0.15, 0.2) is 29.3 Å². The van der Waals surface area contributed by atoms with Crippen LogP contribution in [0.25, 0.3) is 0 Å². The minimum atomic E-state index is -0.0958. The summed E-state index contributed by atoms with van der Waals surface area (Å²) >= 11 is 0. The molecule has 1 aromatic carbocycles. The average Bonchev–Trinajstić information content (AvgIpc) is 2.60. The first-order chi connectivity index (χ1) is 11.7. The third-order valence-corrected chi connectivity index (χ3v) is 4.45. The average molecular weight is 462 g/mol. The molecule has 1 aliphatic heterocycles. The van der Waals surface area contributed by atoms with Crippen molar-refractivity contribution in [1.29, 1.82) is 0 Å². The molecule has 0 bridgehead atoms. The Kier molecular flexibility index (Phi) is 11.0. The van der Waals surface area contributed by atoms with Gasteiger partial charge in [0.1, 0.15) is 5.82 Å². The molecule has 1 saturated heterocycles. The van der Waals surface area contributed by atoms with Crippen LogP contribution in [0.4, 0.5) is 4.39 Å². The molecular weight excluding hydrogens is 430 g/mol. The molecule has 0 aromatic heterocycles. The second-order valence-corrected chi connectivity index (χ2v) is 6.46. The van der Waals surface area contributed by atoms with Crippen molar-refractivity contribution in [2.75, 3.05) is 32.7 Å². The molecule has 6 heteroatoms. The van der Waals surface area contributed by atoms with Crippen LogP contribution < -0.4 is 10.6 Å². The van der Waals surface area contributed by atoms with E-state index in [1.807, 2.05) is 12.1 Å². The largest absolute Gasteiger partial charge is 0.357 e. The summed E-state index contributed by atoms with van der Waals surface area (Å²) in [6.45, 7) is 9.70. The predicted molar refractivity (Wildman–Crippen MR) is 114 cm³/mol. The number of halogens is 2. The lowest BCUT2D eigenvalue weighted by Crippen LogP contribution is -2.39. The second-order valence-electron chi connectivity index (χ2n) is 6.46. The summed E-state index contributed by atoms with van der Waals surface area (Å²) in [6.07, 6.45) is 3.36. The van der Waals surface area contributed by atoms with Crippen molar-refractivity contribution in [3.63, 3.8) is 0 Å². The van der Waals surface area contributed by atoms with Gasteiger partial charge in [0.25, 0.3) is 0 Å². The van der Waals surface area contributed by atoms with Crippen molar-refractivity contribution in [2.24, 2.45) is 10.9 Å². The summed E-state index contributed by atoms with van der Waals surface area (Å²) in [6, 6.07) is 7.08. The topological polar surface area (TPSA) is 39.7 Å². The predicted octanol–water partition coefficient (Wildman–Crippen LogP) is 3.62. The zero-order valence-corrected chi connectivity index (χ0v) is 17.8. The highest BCUT2D eigenvalue weighted by Gasteiger charge is 2.19. The van der Waals surface area contributed by atoms with Gasteiger partial charge in [0.2, 0.25) is 0 Å². The Balaban J connectivity index is 0.00000312. The van der Waals surface area contributed by atoms with Gasteiger partial charge in [-0.2, -0.15) is 0 Å². The Bertz CT molecular complexity index is 516. The number of hydrogen-bond acceptors (Lipinski definition) is 2. The number of benzene rings is 1. The van der Waals surface area contributed by atoms with Crippen LogP contribution >= 0.6 is 24.0 Å². The molecular formula is C19H32FIN4. The van der Waals surface area contributed by atoms with Gasteiger partial charge in [0.15, 0.2) is 5.96 Å². The molecule has 2 N–H and O–H groups in total. The fourth-order valence-electron chi connectivity index (χ4n) is 3.00. The normalized spacial score (nSPS) is 16.4. The third kappa shape index (κ3) is 7.90. The molecule has 0 spiro atoms. The van der Waals surface area contributed by atoms with Gasteiger partial charge in [-0.3, -0.25) is 9.89 Å². The standard InChI is InChI=1S/C19H31FN4.HI/c1-3-11-22-19(21-4-2)23-14-16-9-12-24(13-10-16)15-17-7-5-6-8-18(17)20;/h5-8,16H,3-4,9-15H2,1-2H3,(H2,21,22,23);1H. The highest BCUT2D eigenvalue weighted by molar-refractivity contribution is 14.0. The minimum absolute atomic E-state index is 0. The van der Waals surface area contributed by atoms with Crippen molar-refractivity contribution in [1.82, 2.24) is 15.5 Å². The number of nitrogens with zero attached hydrogens (tertiary/aromatic N) is 2. The molecule has 142 valence electrons. The zero-order chi connectivity index (χ0) is 17.2. The number of aliphatic imine (C=N–C) groups is 1. The quantitative estimate of drug-likeness (QED) is 0.370. The van der Waals surface area contributed by atoms with E-state index in [1.54, 1.807) is 12.1 Å². The van der Waals surface area contributed by atoms with Crippen LogP contribution in [0.1, 0.15) is 38.7 Å². The Morgan fingerprint density at radius 1 is 1.20 bits per heavy atom. The first-order valence-corrected chi connectivity index (χ1v) is 9.20. The molecule has 0 saturated carbocycles. The van der Waals surface area contributed by atoms with Gasteiger partial charge >= 0.3 is 0 Å². The van der Waals surface area contributed by atoms with E-state index >= 15 is 0 Å². The number of rotatable bonds is 7. The number of hydrogen-bond donors (Lipinski definition) is 2. The zero-order valence-electron chi connectivity index (χ0n) is 15.4.